The Morgan fingerprint density at radius 2 is 2.31 bits per heavy atom. The van der Waals surface area contributed by atoms with Crippen molar-refractivity contribution in [2.24, 2.45) is 4.99 Å². The molecule has 0 saturated heterocycles. The zero-order valence-corrected chi connectivity index (χ0v) is 7.91. The molecule has 1 aromatic carbocycles. The number of aromatic hydroxyl groups is 1. The molecule has 0 aliphatic rings. The molecule has 0 bridgehead atoms. The first-order valence-corrected chi connectivity index (χ1v) is 4.28. The monoisotopic (exact) mass is 178 g/mol. The molecule has 0 radical (unpaired) electrons. The molecule has 3 heteroatoms. The van der Waals surface area contributed by atoms with E-state index in [1.807, 2.05) is 13.0 Å². The molecule has 2 N–H and O–H groups in total. The van der Waals surface area contributed by atoms with Gasteiger partial charge in [-0.25, -0.2) is 0 Å². The van der Waals surface area contributed by atoms with Gasteiger partial charge in [-0.05, 0) is 19.1 Å². The van der Waals surface area contributed by atoms with E-state index in [4.69, 9.17) is 0 Å². The van der Waals surface area contributed by atoms with Crippen LogP contribution in [0.1, 0.15) is 12.5 Å². The Morgan fingerprint density at radius 1 is 1.54 bits per heavy atom. The highest BCUT2D eigenvalue weighted by molar-refractivity contribution is 5.98. The molecule has 1 aromatic rings. The van der Waals surface area contributed by atoms with Crippen LogP contribution in [0.25, 0.3) is 0 Å². The van der Waals surface area contributed by atoms with Crippen molar-refractivity contribution in [3.63, 3.8) is 0 Å². The summed E-state index contributed by atoms with van der Waals surface area (Å²) in [6.07, 6.45) is 0. The average Bonchev–Trinajstić information content (AvgIpc) is 2.14. The lowest BCUT2D eigenvalue weighted by Gasteiger charge is -2.06. The molecule has 13 heavy (non-hydrogen) atoms. The molecule has 0 saturated carbocycles. The van der Waals surface area contributed by atoms with Gasteiger partial charge in [0, 0.05) is 19.2 Å². The van der Waals surface area contributed by atoms with Gasteiger partial charge < -0.3 is 10.4 Å². The van der Waals surface area contributed by atoms with Crippen molar-refractivity contribution in [3.05, 3.63) is 29.8 Å². The summed E-state index contributed by atoms with van der Waals surface area (Å²) in [4.78, 5) is 4.08. The molecule has 3 nitrogen and oxygen atoms in total. The maximum absolute atomic E-state index is 9.24. The van der Waals surface area contributed by atoms with Crippen molar-refractivity contribution in [3.8, 4) is 5.75 Å². The topological polar surface area (TPSA) is 44.6 Å². The van der Waals surface area contributed by atoms with E-state index in [-0.39, 0.29) is 5.75 Å². The molecular formula is C10H14N2O. The van der Waals surface area contributed by atoms with Gasteiger partial charge in [0.15, 0.2) is 0 Å². The third-order valence-corrected chi connectivity index (χ3v) is 1.69. The van der Waals surface area contributed by atoms with Gasteiger partial charge in [-0.3, -0.25) is 4.99 Å². The maximum atomic E-state index is 9.24. The summed E-state index contributed by atoms with van der Waals surface area (Å²) in [6.45, 7) is 2.83. The van der Waals surface area contributed by atoms with Crippen LogP contribution >= 0.6 is 0 Å². The van der Waals surface area contributed by atoms with Crippen LogP contribution in [-0.4, -0.2) is 24.5 Å². The number of nitrogens with one attached hydrogen (secondary N) is 1. The fourth-order valence-corrected chi connectivity index (χ4v) is 1.13. The van der Waals surface area contributed by atoms with Crippen molar-refractivity contribution in [2.45, 2.75) is 6.92 Å². The number of aliphatic imine (C=N–C) groups is 1. The van der Waals surface area contributed by atoms with Crippen molar-refractivity contribution in [1.29, 1.82) is 0 Å². The lowest BCUT2D eigenvalue weighted by Crippen LogP contribution is -2.23. The molecule has 0 amide bonds. The summed E-state index contributed by atoms with van der Waals surface area (Å²) in [7, 11) is 1.72. The molecule has 1 rings (SSSR count). The molecule has 0 aliphatic carbocycles. The van der Waals surface area contributed by atoms with Gasteiger partial charge in [0.25, 0.3) is 0 Å². The largest absolute Gasteiger partial charge is 0.508 e. The van der Waals surface area contributed by atoms with Crippen molar-refractivity contribution in [1.82, 2.24) is 5.32 Å². The summed E-state index contributed by atoms with van der Waals surface area (Å²) in [5.74, 6) is 1.06. The predicted octanol–water partition coefficient (Wildman–Crippen LogP) is 1.38. The number of benzene rings is 1. The molecule has 70 valence electrons. The Balaban J connectivity index is 2.92. The highest BCUT2D eigenvalue weighted by Crippen LogP contribution is 2.10. The zero-order chi connectivity index (χ0) is 9.68. The minimum Gasteiger partial charge on any atom is -0.508 e. The highest BCUT2D eigenvalue weighted by atomic mass is 16.3. The van der Waals surface area contributed by atoms with E-state index in [9.17, 15) is 5.11 Å². The van der Waals surface area contributed by atoms with E-state index in [0.29, 0.717) is 0 Å². The summed E-state index contributed by atoms with van der Waals surface area (Å²) in [5, 5.41) is 12.4. The summed E-state index contributed by atoms with van der Waals surface area (Å²) >= 11 is 0. The number of phenolic OH excluding ortho intramolecular Hbond substituents is 1. The van der Waals surface area contributed by atoms with Crippen molar-refractivity contribution >= 4 is 5.84 Å². The van der Waals surface area contributed by atoms with E-state index < -0.39 is 0 Å². The number of hydrogen-bond donors (Lipinski definition) is 2. The van der Waals surface area contributed by atoms with Crippen LogP contribution in [0, 0.1) is 0 Å². The first-order valence-electron chi connectivity index (χ1n) is 4.28. The van der Waals surface area contributed by atoms with E-state index in [0.717, 1.165) is 17.9 Å². The molecule has 0 atom stereocenters. The van der Waals surface area contributed by atoms with E-state index in [1.165, 1.54) is 0 Å². The fourth-order valence-electron chi connectivity index (χ4n) is 1.13. The standard InChI is InChI=1S/C10H14N2O/c1-3-12-10(11-2)8-5-4-6-9(13)7-8/h4-7,13H,3H2,1-2H3,(H,11,12). The second kappa shape index (κ2) is 4.50. The summed E-state index contributed by atoms with van der Waals surface area (Å²) in [6, 6.07) is 7.03. The minimum atomic E-state index is 0.261. The number of phenols is 1. The van der Waals surface area contributed by atoms with Crippen LogP contribution in [-0.2, 0) is 0 Å². The maximum Gasteiger partial charge on any atom is 0.128 e. The van der Waals surface area contributed by atoms with Gasteiger partial charge in [-0.15, -0.1) is 0 Å². The second-order valence-corrected chi connectivity index (χ2v) is 2.65. The molecule has 0 unspecified atom stereocenters. The molecule has 0 aliphatic heterocycles. The van der Waals surface area contributed by atoms with Gasteiger partial charge in [0.2, 0.25) is 0 Å². The van der Waals surface area contributed by atoms with Crippen LogP contribution < -0.4 is 5.32 Å². The van der Waals surface area contributed by atoms with Crippen LogP contribution in [0.3, 0.4) is 0 Å². The summed E-state index contributed by atoms with van der Waals surface area (Å²) < 4.78 is 0. The quantitative estimate of drug-likeness (QED) is 0.530. The average molecular weight is 178 g/mol. The van der Waals surface area contributed by atoms with Crippen LogP contribution in [0.2, 0.25) is 0 Å². The first kappa shape index (κ1) is 9.58. The van der Waals surface area contributed by atoms with E-state index >= 15 is 0 Å². The molecule has 0 heterocycles. The Labute approximate surface area is 78.1 Å². The van der Waals surface area contributed by atoms with Gasteiger partial charge >= 0.3 is 0 Å². The predicted molar refractivity (Wildman–Crippen MR) is 54.2 cm³/mol. The Bertz CT molecular complexity index is 308. The Hall–Kier alpha value is -1.51. The van der Waals surface area contributed by atoms with Gasteiger partial charge in [-0.2, -0.15) is 0 Å². The fraction of sp³-hybridized carbons (Fsp3) is 0.300. The SMILES string of the molecule is CCNC(=NC)c1cccc(O)c1. The van der Waals surface area contributed by atoms with Crippen molar-refractivity contribution in [2.75, 3.05) is 13.6 Å². The molecule has 0 fully saturated rings. The third-order valence-electron chi connectivity index (χ3n) is 1.69. The van der Waals surface area contributed by atoms with Crippen LogP contribution in [0.5, 0.6) is 5.75 Å². The summed E-state index contributed by atoms with van der Waals surface area (Å²) in [5.41, 5.74) is 0.907. The lowest BCUT2D eigenvalue weighted by atomic mass is 10.2. The Morgan fingerprint density at radius 3 is 2.85 bits per heavy atom. The highest BCUT2D eigenvalue weighted by Gasteiger charge is 2.00. The van der Waals surface area contributed by atoms with Gasteiger partial charge in [-0.1, -0.05) is 12.1 Å². The number of amidine groups is 1. The van der Waals surface area contributed by atoms with Crippen LogP contribution in [0.15, 0.2) is 29.3 Å². The smallest absolute Gasteiger partial charge is 0.128 e. The second-order valence-electron chi connectivity index (χ2n) is 2.65. The Kier molecular flexibility index (Phi) is 3.31. The third kappa shape index (κ3) is 2.47. The molecular weight excluding hydrogens is 164 g/mol. The van der Waals surface area contributed by atoms with E-state index in [2.05, 4.69) is 10.3 Å². The first-order chi connectivity index (χ1) is 6.27. The molecule has 0 aromatic heterocycles. The van der Waals surface area contributed by atoms with Crippen molar-refractivity contribution < 1.29 is 5.11 Å². The lowest BCUT2D eigenvalue weighted by molar-refractivity contribution is 0.475. The van der Waals surface area contributed by atoms with Gasteiger partial charge in [0.1, 0.15) is 11.6 Å². The number of rotatable bonds is 2. The number of nitrogens with zero attached hydrogens (tertiary/aromatic N) is 1. The number of hydrogen-bond acceptors (Lipinski definition) is 2. The van der Waals surface area contributed by atoms with Gasteiger partial charge in [0.05, 0.1) is 0 Å². The molecule has 0 spiro atoms. The minimum absolute atomic E-state index is 0.261. The van der Waals surface area contributed by atoms with E-state index in [1.54, 1.807) is 25.2 Å². The zero-order valence-electron chi connectivity index (χ0n) is 7.91. The van der Waals surface area contributed by atoms with Crippen LogP contribution in [0.4, 0.5) is 0 Å². The normalized spacial score (nSPS) is 11.4.